The summed E-state index contributed by atoms with van der Waals surface area (Å²) in [4.78, 5) is 25.7. The Morgan fingerprint density at radius 1 is 1.22 bits per heavy atom. The van der Waals surface area contributed by atoms with Crippen molar-refractivity contribution >= 4 is 40.8 Å². The summed E-state index contributed by atoms with van der Waals surface area (Å²) in [6.07, 6.45) is 0.691. The molecule has 0 saturated heterocycles. The topological polar surface area (TPSA) is 66.8 Å². The Morgan fingerprint density at radius 2 is 1.96 bits per heavy atom. The van der Waals surface area contributed by atoms with Crippen LogP contribution in [0.1, 0.15) is 30.6 Å². The number of carboxylic acid groups (broad SMARTS) is 1. The summed E-state index contributed by atoms with van der Waals surface area (Å²) < 4.78 is 5.91. The number of fused-ring (bicyclic) bond motifs is 1. The van der Waals surface area contributed by atoms with E-state index >= 15 is 0 Å². The van der Waals surface area contributed by atoms with E-state index in [1.165, 1.54) is 4.90 Å². The van der Waals surface area contributed by atoms with Gasteiger partial charge in [-0.05, 0) is 30.7 Å². The smallest absolute Gasteiger partial charge is 0.332 e. The molecule has 140 valence electrons. The third-order valence-corrected chi connectivity index (χ3v) is 4.73. The molecule has 0 saturated carbocycles. The van der Waals surface area contributed by atoms with Crippen LogP contribution in [0.3, 0.4) is 0 Å². The monoisotopic (exact) mass is 405 g/mol. The summed E-state index contributed by atoms with van der Waals surface area (Å²) in [5.74, 6) is -2.04. The van der Waals surface area contributed by atoms with E-state index < -0.39 is 18.0 Å². The van der Waals surface area contributed by atoms with E-state index in [1.54, 1.807) is 42.5 Å². The molecule has 0 aliphatic carbocycles. The van der Waals surface area contributed by atoms with Crippen molar-refractivity contribution in [3.63, 3.8) is 0 Å². The number of carbonyl (C=O) groups is 2. The van der Waals surface area contributed by atoms with Crippen LogP contribution in [0.2, 0.25) is 10.0 Å². The van der Waals surface area contributed by atoms with Crippen LogP contribution in [0.15, 0.2) is 54.3 Å². The molecule has 0 aromatic heterocycles. The number of halogens is 2. The van der Waals surface area contributed by atoms with Crippen LogP contribution in [0.25, 0.3) is 0 Å². The van der Waals surface area contributed by atoms with Crippen LogP contribution >= 0.6 is 23.2 Å². The lowest BCUT2D eigenvalue weighted by Gasteiger charge is -2.22. The van der Waals surface area contributed by atoms with Gasteiger partial charge in [-0.2, -0.15) is 0 Å². The van der Waals surface area contributed by atoms with Crippen LogP contribution in [0.5, 0.6) is 0 Å². The molecule has 2 aromatic carbocycles. The van der Waals surface area contributed by atoms with E-state index in [0.29, 0.717) is 39.8 Å². The quantitative estimate of drug-likeness (QED) is 0.739. The van der Waals surface area contributed by atoms with Crippen molar-refractivity contribution in [1.29, 1.82) is 0 Å². The Bertz CT molecular complexity index is 926. The van der Waals surface area contributed by atoms with Gasteiger partial charge in [0.15, 0.2) is 11.9 Å². The molecule has 0 fully saturated rings. The summed E-state index contributed by atoms with van der Waals surface area (Å²) in [5.41, 5.74) is 1.88. The summed E-state index contributed by atoms with van der Waals surface area (Å²) in [6.45, 7) is 2.34. The van der Waals surface area contributed by atoms with Gasteiger partial charge < -0.3 is 14.7 Å². The Labute approximate surface area is 166 Å². The second-order valence-corrected chi connectivity index (χ2v) is 6.87. The summed E-state index contributed by atoms with van der Waals surface area (Å²) in [6, 6.07) is 12.2. The lowest BCUT2D eigenvalue weighted by atomic mass is 9.99. The fourth-order valence-corrected chi connectivity index (χ4v) is 3.45. The standard InChI is InChI=1S/C20H17Cl2NO4/c1-2-9-23-16-8-7-12(21)10-14(16)19(13-5-3-4-6-15(13)22)27-17(20(23)26)11-18(24)25/h3-8,10-11,19H,2,9H2,1H3,(H,24,25)/b17-11-/t19-/m0/s1. The molecule has 0 radical (unpaired) electrons. The highest BCUT2D eigenvalue weighted by atomic mass is 35.5. The van der Waals surface area contributed by atoms with E-state index in [-0.39, 0.29) is 5.76 Å². The first-order valence-corrected chi connectivity index (χ1v) is 9.15. The number of rotatable bonds is 4. The molecule has 5 nitrogen and oxygen atoms in total. The van der Waals surface area contributed by atoms with Gasteiger partial charge in [0.1, 0.15) is 0 Å². The molecule has 0 spiro atoms. The van der Waals surface area contributed by atoms with Gasteiger partial charge in [0.05, 0.1) is 11.8 Å². The molecule has 1 aliphatic heterocycles. The molecular formula is C20H17Cl2NO4. The lowest BCUT2D eigenvalue weighted by Crippen LogP contribution is -2.32. The Morgan fingerprint density at radius 3 is 2.63 bits per heavy atom. The summed E-state index contributed by atoms with van der Waals surface area (Å²) >= 11 is 12.6. The number of carboxylic acids is 1. The van der Waals surface area contributed by atoms with E-state index in [4.69, 9.17) is 27.9 Å². The van der Waals surface area contributed by atoms with Crippen molar-refractivity contribution in [1.82, 2.24) is 0 Å². The zero-order valence-electron chi connectivity index (χ0n) is 14.5. The zero-order chi connectivity index (χ0) is 19.6. The highest BCUT2D eigenvalue weighted by molar-refractivity contribution is 6.31. The lowest BCUT2D eigenvalue weighted by molar-refractivity contribution is -0.132. The van der Waals surface area contributed by atoms with Crippen LogP contribution in [-0.2, 0) is 14.3 Å². The maximum absolute atomic E-state index is 13.0. The van der Waals surface area contributed by atoms with Gasteiger partial charge in [0.25, 0.3) is 5.91 Å². The number of ether oxygens (including phenoxy) is 1. The number of aliphatic carboxylic acids is 1. The van der Waals surface area contributed by atoms with Gasteiger partial charge in [-0.15, -0.1) is 0 Å². The van der Waals surface area contributed by atoms with Crippen molar-refractivity contribution in [2.45, 2.75) is 19.4 Å². The highest BCUT2D eigenvalue weighted by Crippen LogP contribution is 2.42. The van der Waals surface area contributed by atoms with Crippen molar-refractivity contribution in [2.24, 2.45) is 0 Å². The van der Waals surface area contributed by atoms with Gasteiger partial charge in [0.2, 0.25) is 0 Å². The zero-order valence-corrected chi connectivity index (χ0v) is 16.0. The summed E-state index contributed by atoms with van der Waals surface area (Å²) in [5, 5.41) is 10.1. The Hall–Kier alpha value is -2.50. The van der Waals surface area contributed by atoms with E-state index in [1.807, 2.05) is 6.92 Å². The number of hydrogen-bond donors (Lipinski definition) is 1. The average molecular weight is 406 g/mol. The molecule has 3 rings (SSSR count). The van der Waals surface area contributed by atoms with Gasteiger partial charge in [-0.3, -0.25) is 4.79 Å². The Balaban J connectivity index is 2.27. The maximum atomic E-state index is 13.0. The number of hydrogen-bond acceptors (Lipinski definition) is 3. The minimum absolute atomic E-state index is 0.256. The minimum atomic E-state index is -1.27. The molecule has 0 bridgehead atoms. The number of carbonyl (C=O) groups excluding carboxylic acids is 1. The number of anilines is 1. The van der Waals surface area contributed by atoms with Gasteiger partial charge >= 0.3 is 5.97 Å². The van der Waals surface area contributed by atoms with Crippen LogP contribution in [-0.4, -0.2) is 23.5 Å². The normalized spacial score (nSPS) is 18.0. The third-order valence-electron chi connectivity index (χ3n) is 4.15. The fourth-order valence-electron chi connectivity index (χ4n) is 3.04. The first kappa shape index (κ1) is 19.3. The second kappa shape index (κ2) is 8.03. The maximum Gasteiger partial charge on any atom is 0.332 e. The van der Waals surface area contributed by atoms with Crippen LogP contribution in [0.4, 0.5) is 5.69 Å². The molecular weight excluding hydrogens is 389 g/mol. The van der Waals surface area contributed by atoms with E-state index in [0.717, 1.165) is 6.08 Å². The van der Waals surface area contributed by atoms with Crippen molar-refractivity contribution in [3.05, 3.63) is 75.5 Å². The van der Waals surface area contributed by atoms with Crippen LogP contribution < -0.4 is 4.90 Å². The molecule has 7 heteroatoms. The highest BCUT2D eigenvalue weighted by Gasteiger charge is 2.34. The fraction of sp³-hybridized carbons (Fsp3) is 0.200. The number of nitrogens with zero attached hydrogens (tertiary/aromatic N) is 1. The first-order valence-electron chi connectivity index (χ1n) is 8.39. The molecule has 0 unspecified atom stereocenters. The van der Waals surface area contributed by atoms with Crippen molar-refractivity contribution in [3.8, 4) is 0 Å². The van der Waals surface area contributed by atoms with Gasteiger partial charge in [-0.25, -0.2) is 4.79 Å². The van der Waals surface area contributed by atoms with Crippen molar-refractivity contribution in [2.75, 3.05) is 11.4 Å². The first-order chi connectivity index (χ1) is 12.9. The van der Waals surface area contributed by atoms with Crippen LogP contribution in [0, 0.1) is 0 Å². The molecule has 27 heavy (non-hydrogen) atoms. The van der Waals surface area contributed by atoms with E-state index in [2.05, 4.69) is 0 Å². The minimum Gasteiger partial charge on any atom is -0.478 e. The number of amides is 1. The van der Waals surface area contributed by atoms with Gasteiger partial charge in [0, 0.05) is 27.7 Å². The molecule has 2 aromatic rings. The molecule has 1 N–H and O–H groups in total. The molecule has 1 amide bonds. The predicted octanol–water partition coefficient (Wildman–Crippen LogP) is 4.82. The van der Waals surface area contributed by atoms with Crippen molar-refractivity contribution < 1.29 is 19.4 Å². The third kappa shape index (κ3) is 3.94. The largest absolute Gasteiger partial charge is 0.478 e. The second-order valence-electron chi connectivity index (χ2n) is 6.03. The number of benzene rings is 2. The Kier molecular flexibility index (Phi) is 5.73. The average Bonchev–Trinajstić information content (AvgIpc) is 2.72. The molecule has 1 heterocycles. The summed E-state index contributed by atoms with van der Waals surface area (Å²) in [7, 11) is 0. The predicted molar refractivity (Wildman–Crippen MR) is 104 cm³/mol. The SMILES string of the molecule is CCCN1C(=O)/C(=C/C(=O)O)O[C@@H](c2ccccc2Cl)c2cc(Cl)ccc21. The van der Waals surface area contributed by atoms with Gasteiger partial charge in [-0.1, -0.05) is 48.3 Å². The molecule has 1 aliphatic rings. The molecule has 1 atom stereocenters. The van der Waals surface area contributed by atoms with E-state index in [9.17, 15) is 14.7 Å².